The van der Waals surface area contributed by atoms with Crippen LogP contribution in [0.1, 0.15) is 34.9 Å². The molecule has 1 N–H and O–H groups in total. The number of nitrogens with one attached hydrogen (secondary N) is 1. The molecule has 2 heterocycles. The summed E-state index contributed by atoms with van der Waals surface area (Å²) in [5.41, 5.74) is 7.65. The molecule has 0 aliphatic carbocycles. The summed E-state index contributed by atoms with van der Waals surface area (Å²) >= 11 is 0. The first-order chi connectivity index (χ1) is 18.5. The van der Waals surface area contributed by atoms with Gasteiger partial charge in [-0.15, -0.1) is 0 Å². The van der Waals surface area contributed by atoms with Gasteiger partial charge in [-0.3, -0.25) is 0 Å². The molecule has 1 saturated heterocycles. The van der Waals surface area contributed by atoms with Gasteiger partial charge in [-0.2, -0.15) is 0 Å². The van der Waals surface area contributed by atoms with Crippen molar-refractivity contribution in [2.24, 2.45) is 0 Å². The van der Waals surface area contributed by atoms with E-state index in [-0.39, 0.29) is 6.03 Å². The Bertz CT molecular complexity index is 1390. The van der Waals surface area contributed by atoms with Crippen LogP contribution in [0.3, 0.4) is 0 Å². The fourth-order valence-electron chi connectivity index (χ4n) is 4.91. The van der Waals surface area contributed by atoms with E-state index in [2.05, 4.69) is 85.6 Å². The number of rotatable bonds is 6. The predicted octanol–water partition coefficient (Wildman–Crippen LogP) is 6.27. The van der Waals surface area contributed by atoms with E-state index in [4.69, 9.17) is 9.97 Å². The van der Waals surface area contributed by atoms with Crippen LogP contribution in [0.25, 0.3) is 11.4 Å². The Morgan fingerprint density at radius 3 is 2.26 bits per heavy atom. The Labute approximate surface area is 225 Å². The van der Waals surface area contributed by atoms with Crippen molar-refractivity contribution in [1.82, 2.24) is 14.9 Å². The first kappa shape index (κ1) is 25.5. The van der Waals surface area contributed by atoms with Gasteiger partial charge < -0.3 is 15.1 Å². The SMILES string of the molecule is CCc1ccc(NC(=O)N2CCN(c3nc(-c4cccc(C)c4)nc(C)c3Cc3ccccc3)CC2)cc1. The molecule has 6 heteroatoms. The van der Waals surface area contributed by atoms with Gasteiger partial charge in [-0.1, -0.05) is 73.2 Å². The average Bonchev–Trinajstić information content (AvgIpc) is 2.95. The molecule has 2 amide bonds. The minimum Gasteiger partial charge on any atom is -0.353 e. The number of aromatic nitrogens is 2. The highest BCUT2D eigenvalue weighted by Gasteiger charge is 2.25. The van der Waals surface area contributed by atoms with Gasteiger partial charge in [0.05, 0.1) is 0 Å². The van der Waals surface area contributed by atoms with Crippen LogP contribution in [0.2, 0.25) is 0 Å². The van der Waals surface area contributed by atoms with E-state index in [1.807, 2.05) is 29.2 Å². The Morgan fingerprint density at radius 2 is 1.58 bits per heavy atom. The number of hydrogen-bond donors (Lipinski definition) is 1. The van der Waals surface area contributed by atoms with Crippen LogP contribution in [0, 0.1) is 13.8 Å². The molecule has 1 fully saturated rings. The third-order valence-electron chi connectivity index (χ3n) is 7.17. The number of benzene rings is 3. The normalized spacial score (nSPS) is 13.4. The number of amides is 2. The Hall–Kier alpha value is -4.19. The molecule has 0 saturated carbocycles. The zero-order valence-corrected chi connectivity index (χ0v) is 22.4. The summed E-state index contributed by atoms with van der Waals surface area (Å²) in [5, 5.41) is 3.05. The molecule has 1 aliphatic heterocycles. The third kappa shape index (κ3) is 5.86. The van der Waals surface area contributed by atoms with Gasteiger partial charge in [0.2, 0.25) is 0 Å². The maximum absolute atomic E-state index is 13.0. The summed E-state index contributed by atoms with van der Waals surface area (Å²) in [6.07, 6.45) is 1.75. The summed E-state index contributed by atoms with van der Waals surface area (Å²) in [6, 6.07) is 26.8. The molecule has 0 spiro atoms. The summed E-state index contributed by atoms with van der Waals surface area (Å²) in [5.74, 6) is 1.71. The van der Waals surface area contributed by atoms with E-state index >= 15 is 0 Å². The van der Waals surface area contributed by atoms with Gasteiger partial charge in [0.25, 0.3) is 0 Å². The van der Waals surface area contributed by atoms with Gasteiger partial charge >= 0.3 is 6.03 Å². The first-order valence-corrected chi connectivity index (χ1v) is 13.4. The molecule has 1 aliphatic rings. The number of hydrogen-bond acceptors (Lipinski definition) is 4. The Balaban J connectivity index is 1.37. The van der Waals surface area contributed by atoms with Crippen LogP contribution in [0.4, 0.5) is 16.3 Å². The van der Waals surface area contributed by atoms with Crippen molar-refractivity contribution in [2.45, 2.75) is 33.6 Å². The van der Waals surface area contributed by atoms with E-state index in [1.54, 1.807) is 0 Å². The zero-order valence-electron chi connectivity index (χ0n) is 22.4. The number of piperazine rings is 1. The van der Waals surface area contributed by atoms with Crippen molar-refractivity contribution >= 4 is 17.5 Å². The molecular weight excluding hydrogens is 470 g/mol. The van der Waals surface area contributed by atoms with Crippen molar-refractivity contribution in [1.29, 1.82) is 0 Å². The van der Waals surface area contributed by atoms with E-state index in [1.165, 1.54) is 16.7 Å². The number of anilines is 2. The van der Waals surface area contributed by atoms with Gasteiger partial charge in [-0.05, 0) is 49.6 Å². The monoisotopic (exact) mass is 505 g/mol. The van der Waals surface area contributed by atoms with Crippen molar-refractivity contribution in [3.63, 3.8) is 0 Å². The lowest BCUT2D eigenvalue weighted by Gasteiger charge is -2.36. The lowest BCUT2D eigenvalue weighted by Crippen LogP contribution is -2.50. The summed E-state index contributed by atoms with van der Waals surface area (Å²) in [7, 11) is 0. The van der Waals surface area contributed by atoms with E-state index in [9.17, 15) is 4.79 Å². The van der Waals surface area contributed by atoms with Gasteiger partial charge in [0.15, 0.2) is 5.82 Å². The standard InChI is InChI=1S/C32H35N5O/c1-4-25-13-15-28(16-14-25)34-32(38)37-19-17-36(18-20-37)31-29(22-26-10-6-5-7-11-26)24(3)33-30(35-31)27-12-8-9-23(2)21-27/h5-16,21H,4,17-20,22H2,1-3H3,(H,34,38). The number of carbonyl (C=O) groups is 1. The predicted molar refractivity (Wildman–Crippen MR) is 155 cm³/mol. The van der Waals surface area contributed by atoms with Crippen LogP contribution < -0.4 is 10.2 Å². The zero-order chi connectivity index (χ0) is 26.5. The number of nitrogens with zero attached hydrogens (tertiary/aromatic N) is 4. The molecule has 194 valence electrons. The second-order valence-corrected chi connectivity index (χ2v) is 9.92. The van der Waals surface area contributed by atoms with E-state index in [0.717, 1.165) is 47.0 Å². The van der Waals surface area contributed by atoms with Crippen molar-refractivity contribution in [2.75, 3.05) is 36.4 Å². The van der Waals surface area contributed by atoms with Crippen LogP contribution in [0.15, 0.2) is 78.9 Å². The lowest BCUT2D eigenvalue weighted by atomic mass is 10.0. The van der Waals surface area contributed by atoms with Crippen LogP contribution in [0.5, 0.6) is 0 Å². The van der Waals surface area contributed by atoms with Crippen molar-refractivity contribution in [3.05, 3.63) is 107 Å². The lowest BCUT2D eigenvalue weighted by molar-refractivity contribution is 0.208. The average molecular weight is 506 g/mol. The summed E-state index contributed by atoms with van der Waals surface area (Å²) in [6.45, 7) is 8.99. The molecule has 6 nitrogen and oxygen atoms in total. The van der Waals surface area contributed by atoms with Crippen LogP contribution in [-0.2, 0) is 12.8 Å². The van der Waals surface area contributed by atoms with Gasteiger partial charge in [-0.25, -0.2) is 14.8 Å². The van der Waals surface area contributed by atoms with Crippen LogP contribution in [-0.4, -0.2) is 47.1 Å². The molecule has 4 aromatic rings. The van der Waals surface area contributed by atoms with E-state index in [0.29, 0.717) is 26.2 Å². The van der Waals surface area contributed by atoms with Crippen molar-refractivity contribution < 1.29 is 4.79 Å². The third-order valence-corrected chi connectivity index (χ3v) is 7.17. The molecule has 0 unspecified atom stereocenters. The Kier molecular flexibility index (Phi) is 7.68. The molecule has 38 heavy (non-hydrogen) atoms. The molecule has 0 atom stereocenters. The smallest absolute Gasteiger partial charge is 0.321 e. The molecule has 0 bridgehead atoms. The highest BCUT2D eigenvalue weighted by atomic mass is 16.2. The van der Waals surface area contributed by atoms with Gasteiger partial charge in [0.1, 0.15) is 5.82 Å². The molecular formula is C32H35N5O. The largest absolute Gasteiger partial charge is 0.353 e. The highest BCUT2D eigenvalue weighted by Crippen LogP contribution is 2.29. The molecule has 0 radical (unpaired) electrons. The number of aryl methyl sites for hydroxylation is 3. The topological polar surface area (TPSA) is 61.4 Å². The minimum atomic E-state index is -0.0577. The quantitative estimate of drug-likeness (QED) is 0.336. The maximum Gasteiger partial charge on any atom is 0.321 e. The Morgan fingerprint density at radius 1 is 0.842 bits per heavy atom. The van der Waals surface area contributed by atoms with Gasteiger partial charge in [0, 0.05) is 55.1 Å². The maximum atomic E-state index is 13.0. The number of urea groups is 1. The minimum absolute atomic E-state index is 0.0577. The summed E-state index contributed by atoms with van der Waals surface area (Å²) in [4.78, 5) is 27.2. The number of carbonyl (C=O) groups excluding carboxylic acids is 1. The summed E-state index contributed by atoms with van der Waals surface area (Å²) < 4.78 is 0. The molecule has 3 aromatic carbocycles. The fraction of sp³-hybridized carbons (Fsp3) is 0.281. The molecule has 5 rings (SSSR count). The van der Waals surface area contributed by atoms with Crippen LogP contribution >= 0.6 is 0 Å². The van der Waals surface area contributed by atoms with E-state index < -0.39 is 0 Å². The van der Waals surface area contributed by atoms with Crippen molar-refractivity contribution in [3.8, 4) is 11.4 Å². The first-order valence-electron chi connectivity index (χ1n) is 13.4. The fourth-order valence-corrected chi connectivity index (χ4v) is 4.91. The second-order valence-electron chi connectivity index (χ2n) is 9.92. The highest BCUT2D eigenvalue weighted by molar-refractivity contribution is 5.89. The molecule has 1 aromatic heterocycles. The second kappa shape index (κ2) is 11.5.